The average molecular weight is 290 g/mol. The maximum atomic E-state index is 13.2. The van der Waals surface area contributed by atoms with Gasteiger partial charge in [-0.3, -0.25) is 9.78 Å². The van der Waals surface area contributed by atoms with Gasteiger partial charge in [-0.1, -0.05) is 0 Å². The van der Waals surface area contributed by atoms with E-state index in [2.05, 4.69) is 10.3 Å². The van der Waals surface area contributed by atoms with Gasteiger partial charge >= 0.3 is 5.97 Å². The van der Waals surface area contributed by atoms with E-state index in [-0.39, 0.29) is 17.8 Å². The Labute approximate surface area is 123 Å². The first-order valence-corrected chi connectivity index (χ1v) is 7.06. The molecule has 0 aliphatic heterocycles. The van der Waals surface area contributed by atoms with E-state index in [1.54, 1.807) is 19.2 Å². The number of esters is 1. The third kappa shape index (κ3) is 4.15. The summed E-state index contributed by atoms with van der Waals surface area (Å²) in [7, 11) is 0. The highest BCUT2D eigenvalue weighted by Gasteiger charge is 2.09. The molecular weight excluding hydrogens is 271 g/mol. The first kappa shape index (κ1) is 15.2. The number of hydrogen-bond donors (Lipinski definition) is 1. The zero-order valence-corrected chi connectivity index (χ0v) is 12.2. The molecule has 21 heavy (non-hydrogen) atoms. The molecule has 0 spiro atoms. The Balaban J connectivity index is 2.04. The largest absolute Gasteiger partial charge is 0.466 e. The number of benzene rings is 1. The Morgan fingerprint density at radius 3 is 3.00 bits per heavy atom. The van der Waals surface area contributed by atoms with Gasteiger partial charge in [0.15, 0.2) is 0 Å². The van der Waals surface area contributed by atoms with Crippen molar-refractivity contribution in [3.05, 3.63) is 36.3 Å². The number of carbonyl (C=O) groups excluding carboxylic acids is 1. The number of aromatic nitrogens is 1. The maximum absolute atomic E-state index is 13.2. The number of anilines is 1. The molecular formula is C16H19FN2O2. The lowest BCUT2D eigenvalue weighted by molar-refractivity contribution is -0.143. The zero-order valence-electron chi connectivity index (χ0n) is 12.2. The quantitative estimate of drug-likeness (QED) is 0.827. The highest BCUT2D eigenvalue weighted by Crippen LogP contribution is 2.23. The van der Waals surface area contributed by atoms with Gasteiger partial charge in [-0.25, -0.2) is 4.39 Å². The number of nitrogens with zero attached hydrogens (tertiary/aromatic N) is 1. The fraction of sp³-hybridized carbons (Fsp3) is 0.375. The van der Waals surface area contributed by atoms with Crippen molar-refractivity contribution in [3.63, 3.8) is 0 Å². The molecule has 5 heteroatoms. The van der Waals surface area contributed by atoms with E-state index in [0.29, 0.717) is 25.0 Å². The van der Waals surface area contributed by atoms with Crippen molar-refractivity contribution < 1.29 is 13.9 Å². The van der Waals surface area contributed by atoms with Gasteiger partial charge in [-0.15, -0.1) is 0 Å². The van der Waals surface area contributed by atoms with Gasteiger partial charge < -0.3 is 10.1 Å². The highest BCUT2D eigenvalue weighted by atomic mass is 19.1. The molecule has 1 aromatic heterocycles. The molecule has 0 aliphatic rings. The number of halogens is 1. The molecule has 0 amide bonds. The lowest BCUT2D eigenvalue weighted by atomic mass is 10.1. The van der Waals surface area contributed by atoms with Gasteiger partial charge in [0.2, 0.25) is 0 Å². The first-order valence-electron chi connectivity index (χ1n) is 7.06. The van der Waals surface area contributed by atoms with Crippen molar-refractivity contribution in [1.29, 1.82) is 0 Å². The van der Waals surface area contributed by atoms with Crippen LogP contribution in [0.3, 0.4) is 0 Å². The summed E-state index contributed by atoms with van der Waals surface area (Å²) in [6.45, 7) is 4.19. The van der Waals surface area contributed by atoms with Crippen LogP contribution in [0.2, 0.25) is 0 Å². The smallest absolute Gasteiger partial charge is 0.305 e. The molecule has 1 N–H and O–H groups in total. The Bertz CT molecular complexity index is 631. The van der Waals surface area contributed by atoms with Crippen molar-refractivity contribution in [1.82, 2.24) is 4.98 Å². The number of fused-ring (bicyclic) bond motifs is 1. The maximum Gasteiger partial charge on any atom is 0.305 e. The van der Waals surface area contributed by atoms with Gasteiger partial charge in [-0.05, 0) is 38.5 Å². The van der Waals surface area contributed by atoms with E-state index >= 15 is 0 Å². The lowest BCUT2D eigenvalue weighted by Gasteiger charge is -2.16. The minimum absolute atomic E-state index is 0.102. The summed E-state index contributed by atoms with van der Waals surface area (Å²) >= 11 is 0. The number of carbonyl (C=O) groups is 1. The zero-order chi connectivity index (χ0) is 15.2. The molecule has 0 radical (unpaired) electrons. The number of nitrogens with one attached hydrogen (secondary N) is 1. The van der Waals surface area contributed by atoms with Crippen LogP contribution in [0.5, 0.6) is 0 Å². The Kier molecular flexibility index (Phi) is 5.09. The standard InChI is InChI=1S/C16H19FN2O2/c1-3-21-16(20)7-4-11(2)19-14-8-9-18-15-10-12(17)5-6-13(14)15/h5-6,8-11H,3-4,7H2,1-2H3,(H,18,19). The average Bonchev–Trinajstić information content (AvgIpc) is 2.45. The summed E-state index contributed by atoms with van der Waals surface area (Å²) in [6, 6.07) is 6.48. The lowest BCUT2D eigenvalue weighted by Crippen LogP contribution is -2.17. The first-order chi connectivity index (χ1) is 10.1. The summed E-state index contributed by atoms with van der Waals surface area (Å²) in [4.78, 5) is 15.5. The molecule has 1 heterocycles. The Morgan fingerprint density at radius 1 is 1.43 bits per heavy atom. The van der Waals surface area contributed by atoms with Crippen molar-refractivity contribution in [2.45, 2.75) is 32.7 Å². The molecule has 4 nitrogen and oxygen atoms in total. The third-order valence-electron chi connectivity index (χ3n) is 3.19. The molecule has 2 rings (SSSR count). The molecule has 2 aromatic rings. The van der Waals surface area contributed by atoms with Gasteiger partial charge in [0.1, 0.15) is 5.82 Å². The van der Waals surface area contributed by atoms with Crippen LogP contribution >= 0.6 is 0 Å². The predicted octanol–water partition coefficient (Wildman–Crippen LogP) is 3.52. The molecule has 1 unspecified atom stereocenters. The minimum atomic E-state index is -0.303. The van der Waals surface area contributed by atoms with Crippen LogP contribution in [-0.4, -0.2) is 23.6 Å². The van der Waals surface area contributed by atoms with E-state index < -0.39 is 0 Å². The van der Waals surface area contributed by atoms with Crippen molar-refractivity contribution >= 4 is 22.6 Å². The summed E-state index contributed by atoms with van der Waals surface area (Å²) in [5.41, 5.74) is 1.49. The second-order valence-corrected chi connectivity index (χ2v) is 4.91. The molecule has 0 fully saturated rings. The number of hydrogen-bond acceptors (Lipinski definition) is 4. The predicted molar refractivity (Wildman–Crippen MR) is 80.7 cm³/mol. The SMILES string of the molecule is CCOC(=O)CCC(C)Nc1ccnc2cc(F)ccc12. The van der Waals surface area contributed by atoms with E-state index in [4.69, 9.17) is 4.74 Å². The summed E-state index contributed by atoms with van der Waals surface area (Å²) in [5.74, 6) is -0.490. The van der Waals surface area contributed by atoms with E-state index in [9.17, 15) is 9.18 Å². The molecule has 112 valence electrons. The van der Waals surface area contributed by atoms with Gasteiger partial charge in [0, 0.05) is 35.8 Å². The van der Waals surface area contributed by atoms with Crippen molar-refractivity contribution in [2.24, 2.45) is 0 Å². The van der Waals surface area contributed by atoms with Gasteiger partial charge in [0.25, 0.3) is 0 Å². The number of pyridine rings is 1. The van der Waals surface area contributed by atoms with Crippen LogP contribution < -0.4 is 5.32 Å². The topological polar surface area (TPSA) is 51.2 Å². The van der Waals surface area contributed by atoms with Gasteiger partial charge in [0.05, 0.1) is 12.1 Å². The molecule has 0 saturated heterocycles. The molecule has 0 aliphatic carbocycles. The minimum Gasteiger partial charge on any atom is -0.466 e. The number of rotatable bonds is 6. The van der Waals surface area contributed by atoms with Crippen molar-refractivity contribution in [2.75, 3.05) is 11.9 Å². The summed E-state index contributed by atoms with van der Waals surface area (Å²) < 4.78 is 18.1. The fourth-order valence-corrected chi connectivity index (χ4v) is 2.15. The Hall–Kier alpha value is -2.17. The normalized spacial score (nSPS) is 12.1. The summed E-state index contributed by atoms with van der Waals surface area (Å²) in [6.07, 6.45) is 2.69. The van der Waals surface area contributed by atoms with Crippen LogP contribution in [0.1, 0.15) is 26.7 Å². The van der Waals surface area contributed by atoms with Crippen LogP contribution in [0.4, 0.5) is 10.1 Å². The monoisotopic (exact) mass is 290 g/mol. The van der Waals surface area contributed by atoms with Gasteiger partial charge in [-0.2, -0.15) is 0 Å². The number of ether oxygens (including phenoxy) is 1. The second-order valence-electron chi connectivity index (χ2n) is 4.91. The Morgan fingerprint density at radius 2 is 2.24 bits per heavy atom. The van der Waals surface area contributed by atoms with E-state index in [1.807, 2.05) is 13.0 Å². The van der Waals surface area contributed by atoms with Crippen LogP contribution in [0.15, 0.2) is 30.5 Å². The van der Waals surface area contributed by atoms with Crippen LogP contribution in [0, 0.1) is 5.82 Å². The molecule has 0 saturated carbocycles. The van der Waals surface area contributed by atoms with E-state index in [1.165, 1.54) is 12.1 Å². The van der Waals surface area contributed by atoms with Crippen LogP contribution in [0.25, 0.3) is 10.9 Å². The highest BCUT2D eigenvalue weighted by molar-refractivity contribution is 5.91. The molecule has 1 atom stereocenters. The summed E-state index contributed by atoms with van der Waals surface area (Å²) in [5, 5.41) is 4.19. The molecule has 0 bridgehead atoms. The third-order valence-corrected chi connectivity index (χ3v) is 3.19. The van der Waals surface area contributed by atoms with Crippen LogP contribution in [-0.2, 0) is 9.53 Å². The fourth-order valence-electron chi connectivity index (χ4n) is 2.15. The second kappa shape index (κ2) is 7.02. The van der Waals surface area contributed by atoms with E-state index in [0.717, 1.165) is 11.1 Å². The van der Waals surface area contributed by atoms with Crippen molar-refractivity contribution in [3.8, 4) is 0 Å². The molecule has 1 aromatic carbocycles.